The molecule has 1 aliphatic heterocycles. The second kappa shape index (κ2) is 18.1. The van der Waals surface area contributed by atoms with Gasteiger partial charge in [0.25, 0.3) is 5.88 Å². The van der Waals surface area contributed by atoms with Crippen LogP contribution in [-0.4, -0.2) is 120 Å². The molecule has 3 aromatic rings. The lowest BCUT2D eigenvalue weighted by atomic mass is 9.91. The maximum Gasteiger partial charge on any atom is 0.407 e. The summed E-state index contributed by atoms with van der Waals surface area (Å²) in [6.45, 7) is 9.09. The number of β-amino-alcohol motifs (C(OH)–C–C–N with tert-alkyl or cyclic N) is 1. The first kappa shape index (κ1) is 38.6. The molecule has 0 bridgehead atoms. The van der Waals surface area contributed by atoms with Crippen molar-refractivity contribution in [3.05, 3.63) is 46.8 Å². The molecule has 0 spiro atoms. The van der Waals surface area contributed by atoms with Gasteiger partial charge in [-0.1, -0.05) is 26.0 Å². The van der Waals surface area contributed by atoms with Gasteiger partial charge in [0, 0.05) is 38.2 Å². The number of likely N-dealkylation sites (tertiary alicyclic amines) is 1. The number of thiazole rings is 1. The molecule has 15 nitrogen and oxygen atoms in total. The van der Waals surface area contributed by atoms with Gasteiger partial charge in [0.2, 0.25) is 11.8 Å². The molecule has 4 rings (SSSR count). The monoisotopic (exact) mass is 717 g/mol. The number of carbonyl (C=O) groups excluding carboxylic acids is 2. The Morgan fingerprint density at radius 1 is 1.12 bits per heavy atom. The van der Waals surface area contributed by atoms with Crippen molar-refractivity contribution >= 4 is 29.2 Å². The number of ether oxygens (including phenoxy) is 4. The van der Waals surface area contributed by atoms with Crippen LogP contribution >= 0.6 is 11.3 Å². The van der Waals surface area contributed by atoms with Crippen molar-refractivity contribution in [1.29, 1.82) is 0 Å². The number of likely N-dealkylation sites (N-methyl/N-ethyl adjacent to an activating group) is 1. The van der Waals surface area contributed by atoms with E-state index >= 15 is 0 Å². The quantitative estimate of drug-likeness (QED) is 0.162. The molecular weight excluding hydrogens is 670 g/mol. The van der Waals surface area contributed by atoms with E-state index in [4.69, 9.17) is 28.6 Å². The van der Waals surface area contributed by atoms with E-state index in [2.05, 4.69) is 15.5 Å². The fourth-order valence-corrected chi connectivity index (χ4v) is 6.51. The van der Waals surface area contributed by atoms with Crippen molar-refractivity contribution in [3.8, 4) is 22.1 Å². The fourth-order valence-electron chi connectivity index (χ4n) is 5.71. The highest BCUT2D eigenvalue weighted by atomic mass is 32.1. The van der Waals surface area contributed by atoms with Gasteiger partial charge in [0.1, 0.15) is 24.3 Å². The zero-order chi connectivity index (χ0) is 36.4. The van der Waals surface area contributed by atoms with Crippen LogP contribution in [0, 0.1) is 12.8 Å². The van der Waals surface area contributed by atoms with Crippen LogP contribution < -0.4 is 14.8 Å². The van der Waals surface area contributed by atoms with Crippen LogP contribution in [0.15, 0.2) is 34.3 Å². The molecule has 3 amide bonds. The highest BCUT2D eigenvalue weighted by Gasteiger charge is 2.43. The molecule has 50 heavy (non-hydrogen) atoms. The number of aryl methyl sites for hydroxylation is 1. The highest BCUT2D eigenvalue weighted by Crippen LogP contribution is 2.35. The topological polar surface area (TPSA) is 186 Å². The molecule has 274 valence electrons. The first-order chi connectivity index (χ1) is 23.9. The number of carbonyl (C=O) groups is 3. The van der Waals surface area contributed by atoms with E-state index in [1.54, 1.807) is 30.0 Å². The molecule has 3 N–H and O–H groups in total. The Morgan fingerprint density at radius 3 is 2.50 bits per heavy atom. The highest BCUT2D eigenvalue weighted by molar-refractivity contribution is 7.13. The van der Waals surface area contributed by atoms with Crippen LogP contribution in [0.4, 0.5) is 4.79 Å². The van der Waals surface area contributed by atoms with Crippen LogP contribution in [-0.2, 0) is 19.1 Å². The molecule has 1 fully saturated rings. The van der Waals surface area contributed by atoms with E-state index in [9.17, 15) is 19.5 Å². The number of aliphatic hydroxyl groups excluding tert-OH is 1. The molecule has 0 radical (unpaired) electrons. The number of nitrogens with one attached hydrogen (secondary N) is 1. The van der Waals surface area contributed by atoms with Gasteiger partial charge in [0.15, 0.2) is 5.76 Å². The summed E-state index contributed by atoms with van der Waals surface area (Å²) in [5.41, 5.74) is 4.46. The molecule has 1 saturated heterocycles. The molecule has 2 aromatic heterocycles. The standard InChI is InChI=1S/C34H47N5O10S/c1-20(2)30(28-17-29(37-49-28)48-14-13-47-12-11-46-10-9-38(5)34(43)44)33(42)39-18-24(40)16-26(39)32(41)36-21(3)25-8-7-23(15-27(25)45-6)31-22(4)35-19-50-31/h7-8,15,17,19-21,24,26,30,40H,9-14,16,18H2,1-6H3,(H,36,41)(H,43,44)/t21-,24+,26-,30?/m0/s1. The molecule has 1 aromatic carbocycles. The Kier molecular flexibility index (Phi) is 14.0. The van der Waals surface area contributed by atoms with E-state index in [0.717, 1.165) is 26.6 Å². The molecule has 4 atom stereocenters. The van der Waals surface area contributed by atoms with Gasteiger partial charge >= 0.3 is 6.09 Å². The molecule has 1 unspecified atom stereocenters. The van der Waals surface area contributed by atoms with Crippen molar-refractivity contribution in [3.63, 3.8) is 0 Å². The van der Waals surface area contributed by atoms with E-state index in [-0.39, 0.29) is 68.7 Å². The largest absolute Gasteiger partial charge is 0.496 e. The zero-order valence-electron chi connectivity index (χ0n) is 29.3. The first-order valence-corrected chi connectivity index (χ1v) is 17.3. The summed E-state index contributed by atoms with van der Waals surface area (Å²) in [5, 5.41) is 26.4. The summed E-state index contributed by atoms with van der Waals surface area (Å²) in [6.07, 6.45) is -1.78. The summed E-state index contributed by atoms with van der Waals surface area (Å²) in [6, 6.07) is 6.03. The van der Waals surface area contributed by atoms with Crippen LogP contribution in [0.3, 0.4) is 0 Å². The van der Waals surface area contributed by atoms with Crippen molar-refractivity contribution in [2.75, 3.05) is 60.3 Å². The van der Waals surface area contributed by atoms with Crippen molar-refractivity contribution in [2.45, 2.75) is 58.2 Å². The number of hydrogen-bond acceptors (Lipinski definition) is 12. The molecule has 1 aliphatic rings. The van der Waals surface area contributed by atoms with Gasteiger partial charge in [-0.25, -0.2) is 9.78 Å². The van der Waals surface area contributed by atoms with E-state index in [0.29, 0.717) is 19.0 Å². The Morgan fingerprint density at radius 2 is 1.84 bits per heavy atom. The number of aliphatic hydroxyl groups is 1. The number of methoxy groups -OCH3 is 1. The average molecular weight is 718 g/mol. The summed E-state index contributed by atoms with van der Waals surface area (Å²) in [7, 11) is 3.05. The Bertz CT molecular complexity index is 1580. The lowest BCUT2D eigenvalue weighted by Gasteiger charge is -2.29. The third kappa shape index (κ3) is 9.93. The summed E-state index contributed by atoms with van der Waals surface area (Å²) >= 11 is 1.54. The molecule has 0 aliphatic carbocycles. The SMILES string of the molecule is COc1cc(-c2scnc2C)ccc1[C@H](C)NC(=O)[C@@H]1C[C@@H](O)CN1C(=O)C(c1cc(OCCOCCOCCN(C)C(=O)O)no1)C(C)C. The number of aromatic nitrogens is 2. The molecule has 16 heteroatoms. The second-order valence-corrected chi connectivity index (χ2v) is 13.3. The molecule has 3 heterocycles. The average Bonchev–Trinajstić information content (AvgIpc) is 3.83. The van der Waals surface area contributed by atoms with Gasteiger partial charge < -0.3 is 48.8 Å². The minimum atomic E-state index is -1.02. The first-order valence-electron chi connectivity index (χ1n) is 16.5. The second-order valence-electron chi connectivity index (χ2n) is 12.4. The van der Waals surface area contributed by atoms with Gasteiger partial charge in [0.05, 0.1) is 61.8 Å². The number of carboxylic acid groups (broad SMARTS) is 1. The van der Waals surface area contributed by atoms with Crippen LogP contribution in [0.2, 0.25) is 0 Å². The van der Waals surface area contributed by atoms with E-state index < -0.39 is 30.2 Å². The predicted octanol–water partition coefficient (Wildman–Crippen LogP) is 3.72. The van der Waals surface area contributed by atoms with Crippen molar-refractivity contribution in [2.24, 2.45) is 5.92 Å². The predicted molar refractivity (Wildman–Crippen MR) is 183 cm³/mol. The Labute approximate surface area is 295 Å². The summed E-state index contributed by atoms with van der Waals surface area (Å²) < 4.78 is 27.7. The summed E-state index contributed by atoms with van der Waals surface area (Å²) in [5.74, 6) is -0.632. The van der Waals surface area contributed by atoms with E-state index in [1.165, 1.54) is 11.9 Å². The number of hydrogen-bond donors (Lipinski definition) is 3. The minimum Gasteiger partial charge on any atom is -0.496 e. The normalized spacial score (nSPS) is 17.1. The molecular formula is C34H47N5O10S. The van der Waals surface area contributed by atoms with E-state index in [1.807, 2.05) is 45.9 Å². The Balaban J connectivity index is 1.32. The van der Waals surface area contributed by atoms with Crippen LogP contribution in [0.25, 0.3) is 10.4 Å². The lowest BCUT2D eigenvalue weighted by Crippen LogP contribution is -2.48. The fraction of sp³-hybridized carbons (Fsp3) is 0.559. The maximum atomic E-state index is 14.0. The maximum absolute atomic E-state index is 14.0. The van der Waals surface area contributed by atoms with Gasteiger partial charge in [-0.2, -0.15) is 0 Å². The van der Waals surface area contributed by atoms with Gasteiger partial charge in [-0.05, 0) is 36.6 Å². The van der Waals surface area contributed by atoms with Crippen molar-refractivity contribution < 1.29 is 48.1 Å². The van der Waals surface area contributed by atoms with Crippen LogP contribution in [0.5, 0.6) is 11.6 Å². The Hall–Kier alpha value is -4.25. The number of benzene rings is 1. The third-order valence-electron chi connectivity index (χ3n) is 8.42. The molecule has 0 saturated carbocycles. The van der Waals surface area contributed by atoms with Gasteiger partial charge in [-0.3, -0.25) is 9.59 Å². The minimum absolute atomic E-state index is 0.00947. The summed E-state index contributed by atoms with van der Waals surface area (Å²) in [4.78, 5) is 46.3. The number of nitrogens with zero attached hydrogens (tertiary/aromatic N) is 4. The smallest absolute Gasteiger partial charge is 0.407 e. The zero-order valence-corrected chi connectivity index (χ0v) is 30.1. The number of rotatable bonds is 18. The van der Waals surface area contributed by atoms with Gasteiger partial charge in [-0.15, -0.1) is 11.3 Å². The third-order valence-corrected chi connectivity index (χ3v) is 9.40. The lowest BCUT2D eigenvalue weighted by molar-refractivity contribution is -0.141. The van der Waals surface area contributed by atoms with Crippen molar-refractivity contribution in [1.82, 2.24) is 25.3 Å². The number of amides is 3. The van der Waals surface area contributed by atoms with Crippen LogP contribution in [0.1, 0.15) is 56.2 Å².